The zero-order valence-corrected chi connectivity index (χ0v) is 16.5. The summed E-state index contributed by atoms with van der Waals surface area (Å²) >= 11 is 4.53. The number of carbonyl (C=O) groups is 1. The van der Waals surface area contributed by atoms with Crippen molar-refractivity contribution in [2.45, 2.75) is 4.90 Å². The lowest BCUT2D eigenvalue weighted by molar-refractivity contribution is 0.0698. The molecule has 0 fully saturated rings. The van der Waals surface area contributed by atoms with Crippen molar-refractivity contribution >= 4 is 58.9 Å². The number of rotatable bonds is 5. The van der Waals surface area contributed by atoms with Crippen molar-refractivity contribution in [3.63, 3.8) is 0 Å². The zero-order valence-electron chi connectivity index (χ0n) is 15.6. The maximum Gasteiger partial charge on any atom is 0.337 e. The van der Waals surface area contributed by atoms with Crippen LogP contribution in [0.1, 0.15) is 15.9 Å². The number of benzene rings is 2. The van der Waals surface area contributed by atoms with Crippen LogP contribution in [0.3, 0.4) is 0 Å². The summed E-state index contributed by atoms with van der Waals surface area (Å²) in [7, 11) is 0. The molecule has 1 aromatic heterocycles. The Morgan fingerprint density at radius 2 is 2.07 bits per heavy atom. The first-order valence-electron chi connectivity index (χ1n) is 9.00. The van der Waals surface area contributed by atoms with Gasteiger partial charge >= 0.3 is 5.97 Å². The van der Waals surface area contributed by atoms with Gasteiger partial charge in [-0.25, -0.2) is 9.79 Å². The van der Waals surface area contributed by atoms with E-state index in [9.17, 15) is 9.90 Å². The van der Waals surface area contributed by atoms with Crippen molar-refractivity contribution in [3.05, 3.63) is 77.9 Å². The monoisotopic (exact) mass is 415 g/mol. The SMILES string of the molecule is N=C/C(=C1/N=CC=CN1)c1ccc2ncc(S)c(Nc3ccccc3C(=O)O)c2c1. The van der Waals surface area contributed by atoms with Crippen molar-refractivity contribution in [1.29, 1.82) is 5.41 Å². The maximum absolute atomic E-state index is 11.6. The molecule has 0 aliphatic carbocycles. The van der Waals surface area contributed by atoms with Gasteiger partial charge in [-0.05, 0) is 35.9 Å². The van der Waals surface area contributed by atoms with E-state index >= 15 is 0 Å². The van der Waals surface area contributed by atoms with Crippen LogP contribution in [-0.2, 0) is 0 Å². The van der Waals surface area contributed by atoms with Gasteiger partial charge in [-0.15, -0.1) is 12.6 Å². The van der Waals surface area contributed by atoms with Crippen LogP contribution in [-0.4, -0.2) is 28.5 Å². The van der Waals surface area contributed by atoms with Crippen molar-refractivity contribution in [1.82, 2.24) is 10.3 Å². The number of hydrogen-bond acceptors (Lipinski definition) is 7. The van der Waals surface area contributed by atoms with Gasteiger partial charge in [-0.1, -0.05) is 18.2 Å². The minimum Gasteiger partial charge on any atom is -0.478 e. The third-order valence-electron chi connectivity index (χ3n) is 4.58. The summed E-state index contributed by atoms with van der Waals surface area (Å²) in [6.45, 7) is 0. The summed E-state index contributed by atoms with van der Waals surface area (Å²) < 4.78 is 0. The number of pyridine rings is 1. The average Bonchev–Trinajstić information content (AvgIpc) is 2.77. The second kappa shape index (κ2) is 8.22. The highest BCUT2D eigenvalue weighted by atomic mass is 32.1. The van der Waals surface area contributed by atoms with Crippen LogP contribution in [0.5, 0.6) is 0 Å². The predicted molar refractivity (Wildman–Crippen MR) is 122 cm³/mol. The molecule has 2 heterocycles. The first kappa shape index (κ1) is 19.4. The van der Waals surface area contributed by atoms with Crippen LogP contribution in [0.2, 0.25) is 0 Å². The maximum atomic E-state index is 11.6. The summed E-state index contributed by atoms with van der Waals surface area (Å²) in [5, 5.41) is 24.3. The second-order valence-corrected chi connectivity index (χ2v) is 6.90. The van der Waals surface area contributed by atoms with E-state index in [4.69, 9.17) is 5.41 Å². The Morgan fingerprint density at radius 1 is 1.23 bits per heavy atom. The molecule has 0 unspecified atom stereocenters. The molecule has 4 rings (SSSR count). The molecule has 148 valence electrons. The largest absolute Gasteiger partial charge is 0.478 e. The highest BCUT2D eigenvalue weighted by Crippen LogP contribution is 2.34. The van der Waals surface area contributed by atoms with E-state index in [1.54, 1.807) is 42.9 Å². The summed E-state index contributed by atoms with van der Waals surface area (Å²) in [5.74, 6) is -0.462. The second-order valence-electron chi connectivity index (χ2n) is 6.41. The van der Waals surface area contributed by atoms with Crippen LogP contribution < -0.4 is 10.6 Å². The van der Waals surface area contributed by atoms with Crippen molar-refractivity contribution in [3.8, 4) is 0 Å². The van der Waals surface area contributed by atoms with Crippen molar-refractivity contribution in [2.24, 2.45) is 4.99 Å². The van der Waals surface area contributed by atoms with Crippen molar-refractivity contribution in [2.75, 3.05) is 5.32 Å². The molecule has 0 spiro atoms. The van der Waals surface area contributed by atoms with Crippen molar-refractivity contribution < 1.29 is 9.90 Å². The molecule has 3 aromatic rings. The van der Waals surface area contributed by atoms with E-state index in [0.29, 0.717) is 33.2 Å². The fourth-order valence-corrected chi connectivity index (χ4v) is 3.39. The molecule has 4 N–H and O–H groups in total. The van der Waals surface area contributed by atoms with Crippen LogP contribution in [0.15, 0.2) is 76.6 Å². The van der Waals surface area contributed by atoms with Crippen LogP contribution >= 0.6 is 12.6 Å². The Morgan fingerprint density at radius 3 is 2.80 bits per heavy atom. The highest BCUT2D eigenvalue weighted by Gasteiger charge is 2.15. The lowest BCUT2D eigenvalue weighted by Gasteiger charge is -2.15. The normalized spacial score (nSPS) is 14.3. The minimum absolute atomic E-state index is 0.154. The smallest absolute Gasteiger partial charge is 0.337 e. The number of aromatic carboxylic acids is 1. The number of nitrogens with one attached hydrogen (secondary N) is 3. The molecule has 0 radical (unpaired) electrons. The van der Waals surface area contributed by atoms with Gasteiger partial charge in [0.2, 0.25) is 0 Å². The number of anilines is 2. The number of thiol groups is 1. The Bertz CT molecular complexity index is 1260. The van der Waals surface area contributed by atoms with E-state index in [0.717, 1.165) is 10.9 Å². The van der Waals surface area contributed by atoms with E-state index in [2.05, 4.69) is 33.2 Å². The first-order valence-corrected chi connectivity index (χ1v) is 9.45. The fraction of sp³-hybridized carbons (Fsp3) is 0. The highest BCUT2D eigenvalue weighted by molar-refractivity contribution is 7.80. The van der Waals surface area contributed by atoms with E-state index in [-0.39, 0.29) is 5.56 Å². The Labute approximate surface area is 177 Å². The lowest BCUT2D eigenvalue weighted by Crippen LogP contribution is -2.10. The number of fused-ring (bicyclic) bond motifs is 1. The van der Waals surface area contributed by atoms with Gasteiger partial charge in [0.15, 0.2) is 0 Å². The van der Waals surface area contributed by atoms with Gasteiger partial charge in [-0.3, -0.25) is 4.98 Å². The van der Waals surface area contributed by atoms with Gasteiger partial charge in [0.25, 0.3) is 0 Å². The third kappa shape index (κ3) is 3.68. The van der Waals surface area contributed by atoms with Gasteiger partial charge in [-0.2, -0.15) is 0 Å². The quantitative estimate of drug-likeness (QED) is 0.312. The van der Waals surface area contributed by atoms with Gasteiger partial charge in [0, 0.05) is 40.7 Å². The number of carboxylic acids is 1. The predicted octanol–water partition coefficient (Wildman–Crippen LogP) is 4.47. The molecule has 1 aliphatic rings. The number of aliphatic imine (C=N–C) groups is 1. The summed E-state index contributed by atoms with van der Waals surface area (Å²) in [6.07, 6.45) is 8.02. The molecular formula is C22H17N5O2S. The molecule has 0 saturated heterocycles. The summed E-state index contributed by atoms with van der Waals surface area (Å²) in [4.78, 5) is 20.9. The Hall–Kier alpha value is -3.91. The molecule has 1 aliphatic heterocycles. The third-order valence-corrected chi connectivity index (χ3v) is 4.92. The number of para-hydroxylation sites is 1. The van der Waals surface area contributed by atoms with E-state index < -0.39 is 5.97 Å². The van der Waals surface area contributed by atoms with Crippen LogP contribution in [0.4, 0.5) is 11.4 Å². The number of aromatic nitrogens is 1. The molecule has 0 atom stereocenters. The molecule has 30 heavy (non-hydrogen) atoms. The number of allylic oxidation sites excluding steroid dienone is 2. The van der Waals surface area contributed by atoms with Gasteiger partial charge < -0.3 is 21.1 Å². The topological polar surface area (TPSA) is 110 Å². The van der Waals surface area contributed by atoms with E-state index in [1.807, 2.05) is 18.2 Å². The van der Waals surface area contributed by atoms with Gasteiger partial charge in [0.1, 0.15) is 5.82 Å². The lowest BCUT2D eigenvalue weighted by atomic mass is 10.0. The standard InChI is InChI=1S/C22H17N5O2S/c23-11-16(21-24-8-3-9-25-21)13-6-7-17-15(10-13)20(19(30)12-26-17)27-18-5-2-1-4-14(18)22(28)29/h1-12,23-24,30H,(H,26,27)(H,28,29)/b21-16-,23-11?. The Kier molecular flexibility index (Phi) is 5.32. The zero-order chi connectivity index (χ0) is 21.1. The molecule has 0 bridgehead atoms. The molecule has 0 amide bonds. The van der Waals surface area contributed by atoms with E-state index in [1.165, 1.54) is 12.3 Å². The number of nitrogens with zero attached hydrogens (tertiary/aromatic N) is 2. The molecule has 7 nitrogen and oxygen atoms in total. The first-order chi connectivity index (χ1) is 14.6. The molecule has 2 aromatic carbocycles. The summed E-state index contributed by atoms with van der Waals surface area (Å²) in [5.41, 5.74) is 3.32. The number of carboxylic acid groups (broad SMARTS) is 1. The minimum atomic E-state index is -1.03. The fourth-order valence-electron chi connectivity index (χ4n) is 3.15. The van der Waals surface area contributed by atoms with Crippen LogP contribution in [0, 0.1) is 5.41 Å². The van der Waals surface area contributed by atoms with Gasteiger partial charge in [0.05, 0.1) is 22.5 Å². The van der Waals surface area contributed by atoms with Crippen LogP contribution in [0.25, 0.3) is 16.5 Å². The Balaban J connectivity index is 1.87. The average molecular weight is 415 g/mol. The molecular weight excluding hydrogens is 398 g/mol. The molecule has 0 saturated carbocycles. The number of hydrogen-bond donors (Lipinski definition) is 5. The summed E-state index contributed by atoms with van der Waals surface area (Å²) in [6, 6.07) is 12.3. The molecule has 8 heteroatoms.